The average molecular weight is 355 g/mol. The number of hydrogen-bond acceptors (Lipinski definition) is 2. The first-order chi connectivity index (χ1) is 13.2. The van der Waals surface area contributed by atoms with Gasteiger partial charge in [0.2, 0.25) is 5.91 Å². The van der Waals surface area contributed by atoms with Crippen molar-refractivity contribution in [3.05, 3.63) is 95.7 Å². The number of nitrogens with zero attached hydrogens (tertiary/aromatic N) is 2. The highest BCUT2D eigenvalue weighted by molar-refractivity contribution is 5.91. The third-order valence-corrected chi connectivity index (χ3v) is 4.67. The number of hydrogen-bond donors (Lipinski definition) is 1. The van der Waals surface area contributed by atoms with Crippen molar-refractivity contribution in [1.29, 1.82) is 0 Å². The molecule has 0 aliphatic heterocycles. The van der Waals surface area contributed by atoms with Crippen LogP contribution in [0.5, 0.6) is 0 Å². The fourth-order valence-corrected chi connectivity index (χ4v) is 3.23. The topological polar surface area (TPSA) is 46.9 Å². The summed E-state index contributed by atoms with van der Waals surface area (Å²) in [5.41, 5.74) is 3.36. The second-order valence-corrected chi connectivity index (χ2v) is 6.72. The first-order valence-corrected chi connectivity index (χ1v) is 9.03. The van der Waals surface area contributed by atoms with Crippen molar-refractivity contribution in [2.75, 3.05) is 5.32 Å². The van der Waals surface area contributed by atoms with Crippen LogP contribution in [0.1, 0.15) is 16.7 Å². The van der Waals surface area contributed by atoms with Gasteiger partial charge in [0.15, 0.2) is 0 Å². The van der Waals surface area contributed by atoms with Gasteiger partial charge in [-0.05, 0) is 28.8 Å². The molecule has 134 valence electrons. The smallest absolute Gasteiger partial charge is 0.229 e. The molecule has 4 nitrogen and oxygen atoms in total. The Hall–Kier alpha value is -3.40. The molecule has 1 amide bonds. The van der Waals surface area contributed by atoms with Crippen LogP contribution in [0.2, 0.25) is 0 Å². The number of benzene rings is 3. The van der Waals surface area contributed by atoms with Crippen LogP contribution in [-0.2, 0) is 17.8 Å². The predicted molar refractivity (Wildman–Crippen MR) is 109 cm³/mol. The van der Waals surface area contributed by atoms with Gasteiger partial charge in [0.1, 0.15) is 5.82 Å². The van der Waals surface area contributed by atoms with E-state index in [0.29, 0.717) is 18.8 Å². The van der Waals surface area contributed by atoms with Gasteiger partial charge in [-0.3, -0.25) is 4.79 Å². The Morgan fingerprint density at radius 2 is 1.74 bits per heavy atom. The van der Waals surface area contributed by atoms with Crippen LogP contribution < -0.4 is 5.32 Å². The van der Waals surface area contributed by atoms with Crippen molar-refractivity contribution in [3.8, 4) is 0 Å². The minimum Gasteiger partial charge on any atom is -0.311 e. The van der Waals surface area contributed by atoms with Crippen LogP contribution in [0.25, 0.3) is 10.8 Å². The molecule has 0 aliphatic rings. The third-order valence-electron chi connectivity index (χ3n) is 4.67. The highest BCUT2D eigenvalue weighted by atomic mass is 16.1. The minimum atomic E-state index is -0.0430. The van der Waals surface area contributed by atoms with Gasteiger partial charge in [-0.1, -0.05) is 72.3 Å². The largest absolute Gasteiger partial charge is 0.311 e. The number of nitrogens with one attached hydrogen (secondary N) is 1. The molecule has 4 rings (SSSR count). The lowest BCUT2D eigenvalue weighted by molar-refractivity contribution is -0.115. The molecule has 1 N–H and O–H groups in total. The van der Waals surface area contributed by atoms with E-state index in [2.05, 4.69) is 40.7 Å². The molecule has 0 saturated heterocycles. The quantitative estimate of drug-likeness (QED) is 0.570. The second-order valence-electron chi connectivity index (χ2n) is 6.72. The molecule has 1 aromatic heterocycles. The number of aromatic nitrogens is 2. The molecule has 3 aromatic carbocycles. The molecular weight excluding hydrogens is 334 g/mol. The number of aryl methyl sites for hydroxylation is 1. The summed E-state index contributed by atoms with van der Waals surface area (Å²) >= 11 is 0. The average Bonchev–Trinajstić information content (AvgIpc) is 3.10. The highest BCUT2D eigenvalue weighted by Crippen LogP contribution is 2.20. The van der Waals surface area contributed by atoms with E-state index >= 15 is 0 Å². The van der Waals surface area contributed by atoms with Crippen LogP contribution in [0, 0.1) is 6.92 Å². The van der Waals surface area contributed by atoms with Crippen LogP contribution in [-0.4, -0.2) is 15.7 Å². The SMILES string of the molecule is Cc1ccc(CC(=O)Nc2ccnn2Cc2cccc3ccccc23)cc1. The molecule has 0 unspecified atom stereocenters. The molecule has 4 aromatic rings. The monoisotopic (exact) mass is 355 g/mol. The molecule has 0 fully saturated rings. The van der Waals surface area contributed by atoms with Gasteiger partial charge in [-0.25, -0.2) is 4.68 Å². The Bertz CT molecular complexity index is 1070. The highest BCUT2D eigenvalue weighted by Gasteiger charge is 2.10. The minimum absolute atomic E-state index is 0.0430. The van der Waals surface area contributed by atoms with Gasteiger partial charge in [0, 0.05) is 6.07 Å². The summed E-state index contributed by atoms with van der Waals surface area (Å²) in [6, 6.07) is 24.4. The molecule has 0 bridgehead atoms. The summed E-state index contributed by atoms with van der Waals surface area (Å²) in [6.07, 6.45) is 2.06. The summed E-state index contributed by atoms with van der Waals surface area (Å²) in [7, 11) is 0. The zero-order valence-corrected chi connectivity index (χ0v) is 15.2. The van der Waals surface area contributed by atoms with Crippen molar-refractivity contribution in [1.82, 2.24) is 9.78 Å². The Labute approximate surface area is 158 Å². The summed E-state index contributed by atoms with van der Waals surface area (Å²) in [5.74, 6) is 0.665. The molecular formula is C23H21N3O. The number of carbonyl (C=O) groups is 1. The Balaban J connectivity index is 1.51. The normalized spacial score (nSPS) is 10.9. The molecule has 0 saturated carbocycles. The molecule has 1 heterocycles. The molecule has 0 radical (unpaired) electrons. The van der Waals surface area contributed by atoms with E-state index in [0.717, 1.165) is 5.56 Å². The first kappa shape index (κ1) is 17.0. The van der Waals surface area contributed by atoms with E-state index in [9.17, 15) is 4.79 Å². The summed E-state index contributed by atoms with van der Waals surface area (Å²) < 4.78 is 1.83. The Morgan fingerprint density at radius 1 is 0.963 bits per heavy atom. The summed E-state index contributed by atoms with van der Waals surface area (Å²) in [4.78, 5) is 12.4. The number of anilines is 1. The maximum absolute atomic E-state index is 12.4. The van der Waals surface area contributed by atoms with E-state index < -0.39 is 0 Å². The molecule has 0 atom stereocenters. The standard InChI is InChI=1S/C23H21N3O/c1-17-9-11-18(12-10-17)15-23(27)25-22-13-14-24-26(22)16-20-7-4-6-19-5-2-3-8-21(19)20/h2-14H,15-16H2,1H3,(H,25,27). The van der Waals surface area contributed by atoms with Crippen LogP contribution in [0.15, 0.2) is 79.0 Å². The van der Waals surface area contributed by atoms with Gasteiger partial charge < -0.3 is 5.32 Å². The summed E-state index contributed by atoms with van der Waals surface area (Å²) in [6.45, 7) is 2.64. The molecule has 4 heteroatoms. The fourth-order valence-electron chi connectivity index (χ4n) is 3.23. The van der Waals surface area contributed by atoms with Crippen LogP contribution in [0.3, 0.4) is 0 Å². The number of amides is 1. The number of fused-ring (bicyclic) bond motifs is 1. The maximum atomic E-state index is 12.4. The van der Waals surface area contributed by atoms with Crippen molar-refractivity contribution in [2.45, 2.75) is 19.9 Å². The van der Waals surface area contributed by atoms with E-state index in [1.807, 2.05) is 54.1 Å². The van der Waals surface area contributed by atoms with E-state index in [1.165, 1.54) is 21.9 Å². The van der Waals surface area contributed by atoms with E-state index in [-0.39, 0.29) is 5.91 Å². The van der Waals surface area contributed by atoms with Crippen molar-refractivity contribution >= 4 is 22.5 Å². The lowest BCUT2D eigenvalue weighted by Gasteiger charge is -2.11. The van der Waals surface area contributed by atoms with Crippen LogP contribution >= 0.6 is 0 Å². The van der Waals surface area contributed by atoms with Gasteiger partial charge >= 0.3 is 0 Å². The Morgan fingerprint density at radius 3 is 2.59 bits per heavy atom. The zero-order chi connectivity index (χ0) is 18.6. The number of carbonyl (C=O) groups excluding carboxylic acids is 1. The predicted octanol–water partition coefficient (Wildman–Crippen LogP) is 4.57. The molecule has 27 heavy (non-hydrogen) atoms. The summed E-state index contributed by atoms with van der Waals surface area (Å²) in [5, 5.41) is 9.78. The van der Waals surface area contributed by atoms with E-state index in [4.69, 9.17) is 0 Å². The Kier molecular flexibility index (Phi) is 4.71. The lowest BCUT2D eigenvalue weighted by Crippen LogP contribution is -2.18. The fraction of sp³-hybridized carbons (Fsp3) is 0.130. The van der Waals surface area contributed by atoms with Gasteiger partial charge in [-0.2, -0.15) is 5.10 Å². The molecule has 0 aliphatic carbocycles. The third kappa shape index (κ3) is 3.90. The first-order valence-electron chi connectivity index (χ1n) is 9.03. The zero-order valence-electron chi connectivity index (χ0n) is 15.2. The number of rotatable bonds is 5. The second kappa shape index (κ2) is 7.46. The van der Waals surface area contributed by atoms with Crippen molar-refractivity contribution < 1.29 is 4.79 Å². The van der Waals surface area contributed by atoms with Crippen molar-refractivity contribution in [3.63, 3.8) is 0 Å². The lowest BCUT2D eigenvalue weighted by atomic mass is 10.0. The van der Waals surface area contributed by atoms with Gasteiger partial charge in [0.25, 0.3) is 0 Å². The van der Waals surface area contributed by atoms with Gasteiger partial charge in [0.05, 0.1) is 19.2 Å². The van der Waals surface area contributed by atoms with Crippen molar-refractivity contribution in [2.24, 2.45) is 0 Å². The van der Waals surface area contributed by atoms with Gasteiger partial charge in [-0.15, -0.1) is 0 Å². The van der Waals surface area contributed by atoms with Crippen LogP contribution in [0.4, 0.5) is 5.82 Å². The maximum Gasteiger partial charge on any atom is 0.229 e. The molecule has 0 spiro atoms. The van der Waals surface area contributed by atoms with E-state index in [1.54, 1.807) is 6.20 Å².